The second kappa shape index (κ2) is 6.72. The summed E-state index contributed by atoms with van der Waals surface area (Å²) in [7, 11) is 1.50. The first-order chi connectivity index (χ1) is 11.6. The summed E-state index contributed by atoms with van der Waals surface area (Å²) in [5.41, 5.74) is 0.765. The minimum atomic E-state index is -0.380. The van der Waals surface area contributed by atoms with Crippen LogP contribution in [0.5, 0.6) is 5.75 Å². The number of anilines is 1. The summed E-state index contributed by atoms with van der Waals surface area (Å²) >= 11 is 5.94. The third-order valence-electron chi connectivity index (χ3n) is 3.48. The van der Waals surface area contributed by atoms with Crippen molar-refractivity contribution in [3.63, 3.8) is 0 Å². The molecule has 2 aromatic carbocycles. The van der Waals surface area contributed by atoms with E-state index in [1.165, 1.54) is 18.0 Å². The minimum absolute atomic E-state index is 0.160. The number of methoxy groups -OCH3 is 1. The Bertz CT molecular complexity index is 969. The molecule has 1 heterocycles. The van der Waals surface area contributed by atoms with E-state index in [1.54, 1.807) is 42.5 Å². The van der Waals surface area contributed by atoms with E-state index in [-0.39, 0.29) is 18.0 Å². The number of benzene rings is 2. The van der Waals surface area contributed by atoms with Gasteiger partial charge in [0.05, 0.1) is 30.0 Å². The Morgan fingerprint density at radius 2 is 2.08 bits per heavy atom. The van der Waals surface area contributed by atoms with Gasteiger partial charge in [-0.2, -0.15) is 0 Å². The highest BCUT2D eigenvalue weighted by atomic mass is 35.5. The van der Waals surface area contributed by atoms with Gasteiger partial charge in [-0.15, -0.1) is 0 Å². The van der Waals surface area contributed by atoms with Crippen LogP contribution in [-0.2, 0) is 11.3 Å². The van der Waals surface area contributed by atoms with Crippen molar-refractivity contribution < 1.29 is 9.53 Å². The first kappa shape index (κ1) is 16.0. The molecule has 0 bridgehead atoms. The Morgan fingerprint density at radius 3 is 2.88 bits per heavy atom. The van der Waals surface area contributed by atoms with E-state index >= 15 is 0 Å². The highest BCUT2D eigenvalue weighted by Crippen LogP contribution is 2.27. The van der Waals surface area contributed by atoms with Crippen LogP contribution in [0, 0.1) is 0 Å². The van der Waals surface area contributed by atoms with Crippen molar-refractivity contribution in [3.05, 3.63) is 64.2 Å². The van der Waals surface area contributed by atoms with Crippen LogP contribution in [0.15, 0.2) is 53.6 Å². The number of hydrogen-bond acceptors (Lipinski definition) is 4. The lowest BCUT2D eigenvalue weighted by molar-refractivity contribution is -0.116. The Labute approximate surface area is 142 Å². The lowest BCUT2D eigenvalue weighted by Gasteiger charge is -2.11. The maximum atomic E-state index is 12.4. The standard InChI is InChI=1S/C17H14ClN3O3/c1-24-15-7-6-11(18)8-14(15)20-16(22)9-21-10-19-13-5-3-2-4-12(13)17(21)23/h2-8,10H,9H2,1H3,(H,20,22). The van der Waals surface area contributed by atoms with Gasteiger partial charge >= 0.3 is 0 Å². The van der Waals surface area contributed by atoms with Crippen LogP contribution in [0.1, 0.15) is 0 Å². The zero-order valence-electron chi connectivity index (χ0n) is 12.8. The predicted molar refractivity (Wildman–Crippen MR) is 92.6 cm³/mol. The molecule has 0 aliphatic heterocycles. The zero-order chi connectivity index (χ0) is 17.1. The van der Waals surface area contributed by atoms with Gasteiger partial charge in [-0.05, 0) is 30.3 Å². The minimum Gasteiger partial charge on any atom is -0.495 e. The Kier molecular flexibility index (Phi) is 4.48. The molecule has 0 radical (unpaired) electrons. The van der Waals surface area contributed by atoms with Gasteiger partial charge in [0.1, 0.15) is 12.3 Å². The molecule has 0 saturated carbocycles. The van der Waals surface area contributed by atoms with E-state index in [1.807, 2.05) is 0 Å². The summed E-state index contributed by atoms with van der Waals surface area (Å²) in [6.07, 6.45) is 1.36. The Morgan fingerprint density at radius 1 is 1.29 bits per heavy atom. The molecule has 0 aliphatic carbocycles. The average molecular weight is 344 g/mol. The molecule has 0 aliphatic rings. The summed E-state index contributed by atoms with van der Waals surface area (Å²) in [6.45, 7) is -0.160. The van der Waals surface area contributed by atoms with Gasteiger partial charge in [-0.1, -0.05) is 23.7 Å². The van der Waals surface area contributed by atoms with Gasteiger partial charge in [0.15, 0.2) is 0 Å². The number of ether oxygens (including phenoxy) is 1. The van der Waals surface area contributed by atoms with Crippen molar-refractivity contribution in [2.45, 2.75) is 6.54 Å². The van der Waals surface area contributed by atoms with Crippen LogP contribution in [-0.4, -0.2) is 22.6 Å². The smallest absolute Gasteiger partial charge is 0.261 e. The fourth-order valence-electron chi connectivity index (χ4n) is 2.34. The number of amides is 1. The van der Waals surface area contributed by atoms with E-state index in [4.69, 9.17) is 16.3 Å². The van der Waals surface area contributed by atoms with Crippen molar-refractivity contribution in [2.24, 2.45) is 0 Å². The van der Waals surface area contributed by atoms with Gasteiger partial charge in [0, 0.05) is 5.02 Å². The van der Waals surface area contributed by atoms with E-state index < -0.39 is 0 Å². The molecular formula is C17H14ClN3O3. The van der Waals surface area contributed by atoms with Gasteiger partial charge < -0.3 is 10.1 Å². The number of nitrogens with one attached hydrogen (secondary N) is 1. The van der Waals surface area contributed by atoms with Gasteiger partial charge in [-0.25, -0.2) is 4.98 Å². The molecule has 0 unspecified atom stereocenters. The number of halogens is 1. The highest BCUT2D eigenvalue weighted by molar-refractivity contribution is 6.31. The van der Waals surface area contributed by atoms with Crippen molar-refractivity contribution in [1.29, 1.82) is 0 Å². The number of nitrogens with zero attached hydrogens (tertiary/aromatic N) is 2. The highest BCUT2D eigenvalue weighted by Gasteiger charge is 2.11. The van der Waals surface area contributed by atoms with Crippen LogP contribution in [0.2, 0.25) is 5.02 Å². The number of hydrogen-bond donors (Lipinski definition) is 1. The topological polar surface area (TPSA) is 73.2 Å². The predicted octanol–water partition coefficient (Wildman–Crippen LogP) is 2.70. The van der Waals surface area contributed by atoms with Crippen molar-refractivity contribution in [3.8, 4) is 5.75 Å². The molecule has 7 heteroatoms. The molecule has 122 valence electrons. The Hall–Kier alpha value is -2.86. The molecule has 1 N–H and O–H groups in total. The number of carbonyl (C=O) groups is 1. The van der Waals surface area contributed by atoms with E-state index in [0.29, 0.717) is 27.4 Å². The molecule has 6 nitrogen and oxygen atoms in total. The number of aromatic nitrogens is 2. The molecular weight excluding hydrogens is 330 g/mol. The fraction of sp³-hybridized carbons (Fsp3) is 0.118. The quantitative estimate of drug-likeness (QED) is 0.790. The van der Waals surface area contributed by atoms with Crippen LogP contribution in [0.25, 0.3) is 10.9 Å². The number of carbonyl (C=O) groups excluding carboxylic acids is 1. The number of fused-ring (bicyclic) bond motifs is 1. The molecule has 24 heavy (non-hydrogen) atoms. The first-order valence-corrected chi connectivity index (χ1v) is 7.54. The van der Waals surface area contributed by atoms with Crippen LogP contribution in [0.3, 0.4) is 0 Å². The van der Waals surface area contributed by atoms with Crippen LogP contribution < -0.4 is 15.6 Å². The maximum Gasteiger partial charge on any atom is 0.261 e. The van der Waals surface area contributed by atoms with Gasteiger partial charge in [0.25, 0.3) is 5.56 Å². The number of rotatable bonds is 4. The second-order valence-electron chi connectivity index (χ2n) is 5.09. The third-order valence-corrected chi connectivity index (χ3v) is 3.72. The SMILES string of the molecule is COc1ccc(Cl)cc1NC(=O)Cn1cnc2ccccc2c1=O. The molecule has 0 fully saturated rings. The largest absolute Gasteiger partial charge is 0.495 e. The maximum absolute atomic E-state index is 12.4. The van der Waals surface area contributed by atoms with Crippen molar-refractivity contribution >= 4 is 34.1 Å². The van der Waals surface area contributed by atoms with Crippen LogP contribution >= 0.6 is 11.6 Å². The van der Waals surface area contributed by atoms with E-state index in [2.05, 4.69) is 10.3 Å². The van der Waals surface area contributed by atoms with Crippen molar-refractivity contribution in [2.75, 3.05) is 12.4 Å². The first-order valence-electron chi connectivity index (χ1n) is 7.16. The normalized spacial score (nSPS) is 10.6. The monoisotopic (exact) mass is 343 g/mol. The molecule has 3 rings (SSSR count). The third kappa shape index (κ3) is 3.23. The lowest BCUT2D eigenvalue weighted by Crippen LogP contribution is -2.28. The number of para-hydroxylation sites is 1. The molecule has 1 amide bonds. The van der Waals surface area contributed by atoms with E-state index in [9.17, 15) is 9.59 Å². The lowest BCUT2D eigenvalue weighted by atomic mass is 10.2. The van der Waals surface area contributed by atoms with Gasteiger partial charge in [-0.3, -0.25) is 14.2 Å². The second-order valence-corrected chi connectivity index (χ2v) is 5.52. The van der Waals surface area contributed by atoms with Crippen molar-refractivity contribution in [1.82, 2.24) is 9.55 Å². The summed E-state index contributed by atoms with van der Waals surface area (Å²) in [6, 6.07) is 11.9. The summed E-state index contributed by atoms with van der Waals surface area (Å²) < 4.78 is 6.44. The summed E-state index contributed by atoms with van der Waals surface area (Å²) in [4.78, 5) is 28.8. The van der Waals surface area contributed by atoms with Gasteiger partial charge in [0.2, 0.25) is 5.91 Å². The fourth-order valence-corrected chi connectivity index (χ4v) is 2.51. The average Bonchev–Trinajstić information content (AvgIpc) is 2.58. The summed E-state index contributed by atoms with van der Waals surface area (Å²) in [5, 5.41) is 3.62. The zero-order valence-corrected chi connectivity index (χ0v) is 13.6. The molecule has 0 atom stereocenters. The van der Waals surface area contributed by atoms with E-state index in [0.717, 1.165) is 0 Å². The van der Waals surface area contributed by atoms with Crippen LogP contribution in [0.4, 0.5) is 5.69 Å². The summed E-state index contributed by atoms with van der Waals surface area (Å²) in [5.74, 6) is 0.103. The molecule has 3 aromatic rings. The Balaban J connectivity index is 1.84. The molecule has 0 spiro atoms. The molecule has 1 aromatic heterocycles. The molecule has 0 saturated heterocycles.